The molecule has 0 bridgehead atoms. The van der Waals surface area contributed by atoms with Crippen LogP contribution in [0.25, 0.3) is 0 Å². The second-order valence-corrected chi connectivity index (χ2v) is 2.29. The second kappa shape index (κ2) is 7.78. The number of ether oxygens (including phenoxy) is 1. The van der Waals surface area contributed by atoms with Crippen molar-refractivity contribution in [1.29, 1.82) is 0 Å². The van der Waals surface area contributed by atoms with Gasteiger partial charge in [-0.15, -0.1) is 0 Å². The third-order valence-corrected chi connectivity index (χ3v) is 1.24. The SMILES string of the molecule is CSCCN=COCO. The maximum atomic E-state index is 8.10. The highest BCUT2D eigenvalue weighted by Crippen LogP contribution is 1.88. The number of hydrogen-bond donors (Lipinski definition) is 1. The molecule has 0 unspecified atom stereocenters. The molecule has 0 radical (unpaired) electrons. The Morgan fingerprint density at radius 3 is 3.11 bits per heavy atom. The van der Waals surface area contributed by atoms with Crippen LogP contribution >= 0.6 is 11.8 Å². The van der Waals surface area contributed by atoms with Crippen LogP contribution in [0.4, 0.5) is 0 Å². The third-order valence-electron chi connectivity index (χ3n) is 0.648. The molecule has 0 amide bonds. The fraction of sp³-hybridized carbons (Fsp3) is 0.800. The average molecular weight is 149 g/mol. The molecule has 0 fully saturated rings. The highest BCUT2D eigenvalue weighted by Gasteiger charge is 1.76. The van der Waals surface area contributed by atoms with E-state index in [2.05, 4.69) is 9.73 Å². The molecule has 0 aliphatic heterocycles. The number of nitrogens with zero attached hydrogens (tertiary/aromatic N) is 1. The summed E-state index contributed by atoms with van der Waals surface area (Å²) in [6, 6.07) is 0. The van der Waals surface area contributed by atoms with Crippen molar-refractivity contribution in [2.75, 3.05) is 25.3 Å². The molecular formula is C5H11NO2S. The molecule has 0 atom stereocenters. The van der Waals surface area contributed by atoms with Crippen LogP contribution < -0.4 is 0 Å². The molecule has 3 nitrogen and oxygen atoms in total. The van der Waals surface area contributed by atoms with Crippen molar-refractivity contribution in [3.05, 3.63) is 0 Å². The van der Waals surface area contributed by atoms with Crippen LogP contribution in [0, 0.1) is 0 Å². The predicted octanol–water partition coefficient (Wildman–Crippen LogP) is 0.344. The van der Waals surface area contributed by atoms with Crippen LogP contribution in [0.3, 0.4) is 0 Å². The zero-order valence-electron chi connectivity index (χ0n) is 5.41. The van der Waals surface area contributed by atoms with Crippen molar-refractivity contribution < 1.29 is 9.84 Å². The molecule has 54 valence electrons. The molecule has 0 aliphatic carbocycles. The lowest BCUT2D eigenvalue weighted by Gasteiger charge is -1.90. The summed E-state index contributed by atoms with van der Waals surface area (Å²) < 4.78 is 4.43. The quantitative estimate of drug-likeness (QED) is 0.265. The topological polar surface area (TPSA) is 41.8 Å². The summed E-state index contributed by atoms with van der Waals surface area (Å²) in [7, 11) is 0. The number of thioether (sulfide) groups is 1. The Labute approximate surface area is 59.1 Å². The van der Waals surface area contributed by atoms with Crippen LogP contribution in [-0.2, 0) is 4.74 Å². The average Bonchev–Trinajstić information content (AvgIpc) is 1.89. The number of aliphatic hydroxyl groups is 1. The molecule has 0 heterocycles. The van der Waals surface area contributed by atoms with Gasteiger partial charge in [-0.2, -0.15) is 11.8 Å². The summed E-state index contributed by atoms with van der Waals surface area (Å²) in [5.41, 5.74) is 0. The summed E-state index contributed by atoms with van der Waals surface area (Å²) in [6.45, 7) is 0.462. The van der Waals surface area contributed by atoms with Gasteiger partial charge in [0, 0.05) is 5.75 Å². The van der Waals surface area contributed by atoms with Gasteiger partial charge in [0.2, 0.25) is 0 Å². The first kappa shape index (κ1) is 8.78. The van der Waals surface area contributed by atoms with Gasteiger partial charge < -0.3 is 9.84 Å². The first-order valence-corrected chi connectivity index (χ1v) is 4.01. The summed E-state index contributed by atoms with van der Waals surface area (Å²) in [4.78, 5) is 3.82. The molecule has 0 spiro atoms. The maximum Gasteiger partial charge on any atom is 0.187 e. The van der Waals surface area contributed by atoms with E-state index in [1.54, 1.807) is 11.8 Å². The number of aliphatic imine (C=N–C) groups is 1. The fourth-order valence-electron chi connectivity index (χ4n) is 0.283. The Hall–Kier alpha value is -0.220. The zero-order chi connectivity index (χ0) is 6.95. The predicted molar refractivity (Wildman–Crippen MR) is 39.9 cm³/mol. The van der Waals surface area contributed by atoms with E-state index in [4.69, 9.17) is 5.11 Å². The van der Waals surface area contributed by atoms with Gasteiger partial charge in [-0.1, -0.05) is 0 Å². The van der Waals surface area contributed by atoms with E-state index in [9.17, 15) is 0 Å². The van der Waals surface area contributed by atoms with Crippen molar-refractivity contribution in [1.82, 2.24) is 0 Å². The summed E-state index contributed by atoms with van der Waals surface area (Å²) >= 11 is 1.73. The van der Waals surface area contributed by atoms with Crippen molar-refractivity contribution in [2.24, 2.45) is 4.99 Å². The monoisotopic (exact) mass is 149 g/mol. The van der Waals surface area contributed by atoms with Crippen LogP contribution in [0.2, 0.25) is 0 Å². The van der Waals surface area contributed by atoms with Gasteiger partial charge in [0.25, 0.3) is 0 Å². The molecule has 0 saturated heterocycles. The zero-order valence-corrected chi connectivity index (χ0v) is 6.23. The standard InChI is InChI=1S/C5H11NO2S/c1-9-3-2-6-4-8-5-7/h4,7H,2-3,5H2,1H3. The highest BCUT2D eigenvalue weighted by molar-refractivity contribution is 7.98. The Morgan fingerprint density at radius 1 is 1.78 bits per heavy atom. The Balaban J connectivity index is 2.86. The van der Waals surface area contributed by atoms with Gasteiger partial charge in [0.1, 0.15) is 0 Å². The molecule has 4 heteroatoms. The molecule has 0 aliphatic rings. The Kier molecular flexibility index (Phi) is 7.59. The fourth-order valence-corrected chi connectivity index (χ4v) is 0.571. The lowest BCUT2D eigenvalue weighted by atomic mass is 10.8. The minimum absolute atomic E-state index is 0.289. The van der Waals surface area contributed by atoms with Gasteiger partial charge in [-0.05, 0) is 6.26 Å². The van der Waals surface area contributed by atoms with E-state index in [1.807, 2.05) is 6.26 Å². The first-order chi connectivity index (χ1) is 4.41. The largest absolute Gasteiger partial charge is 0.458 e. The minimum Gasteiger partial charge on any atom is -0.458 e. The smallest absolute Gasteiger partial charge is 0.187 e. The number of hydrogen-bond acceptors (Lipinski definition) is 4. The molecular weight excluding hydrogens is 138 g/mol. The molecule has 9 heavy (non-hydrogen) atoms. The van der Waals surface area contributed by atoms with Crippen LogP contribution in [-0.4, -0.2) is 36.9 Å². The molecule has 0 aromatic heterocycles. The number of aliphatic hydroxyl groups excluding tert-OH is 1. The molecule has 0 aromatic rings. The van der Waals surface area contributed by atoms with Gasteiger partial charge in [-0.3, -0.25) is 4.99 Å². The molecule has 1 N–H and O–H groups in total. The lowest BCUT2D eigenvalue weighted by Crippen LogP contribution is -1.91. The Morgan fingerprint density at radius 2 is 2.56 bits per heavy atom. The van der Waals surface area contributed by atoms with Crippen LogP contribution in [0.5, 0.6) is 0 Å². The van der Waals surface area contributed by atoms with Gasteiger partial charge >= 0.3 is 0 Å². The number of rotatable bonds is 5. The van der Waals surface area contributed by atoms with E-state index in [1.165, 1.54) is 6.40 Å². The van der Waals surface area contributed by atoms with E-state index in [-0.39, 0.29) is 6.79 Å². The second-order valence-electron chi connectivity index (χ2n) is 1.30. The molecule has 0 rings (SSSR count). The summed E-state index contributed by atoms with van der Waals surface area (Å²) in [6.07, 6.45) is 3.29. The van der Waals surface area contributed by atoms with E-state index in [0.717, 1.165) is 12.3 Å². The van der Waals surface area contributed by atoms with Crippen molar-refractivity contribution in [3.63, 3.8) is 0 Å². The first-order valence-electron chi connectivity index (χ1n) is 2.61. The lowest BCUT2D eigenvalue weighted by molar-refractivity contribution is 0.0948. The molecule has 0 saturated carbocycles. The Bertz CT molecular complexity index is 77.4. The van der Waals surface area contributed by atoms with Crippen LogP contribution in [0.1, 0.15) is 0 Å². The van der Waals surface area contributed by atoms with E-state index < -0.39 is 0 Å². The maximum absolute atomic E-state index is 8.10. The normalized spacial score (nSPS) is 10.4. The van der Waals surface area contributed by atoms with E-state index >= 15 is 0 Å². The van der Waals surface area contributed by atoms with Gasteiger partial charge in [0.15, 0.2) is 13.2 Å². The van der Waals surface area contributed by atoms with Gasteiger partial charge in [0.05, 0.1) is 6.54 Å². The third kappa shape index (κ3) is 7.78. The van der Waals surface area contributed by atoms with Gasteiger partial charge in [-0.25, -0.2) is 0 Å². The minimum atomic E-state index is -0.289. The highest BCUT2D eigenvalue weighted by atomic mass is 32.2. The summed E-state index contributed by atoms with van der Waals surface area (Å²) in [5, 5.41) is 8.10. The summed E-state index contributed by atoms with van der Waals surface area (Å²) in [5.74, 6) is 0.991. The van der Waals surface area contributed by atoms with E-state index in [0.29, 0.717) is 0 Å². The van der Waals surface area contributed by atoms with Crippen molar-refractivity contribution in [3.8, 4) is 0 Å². The molecule has 0 aromatic carbocycles. The van der Waals surface area contributed by atoms with Crippen molar-refractivity contribution >= 4 is 18.2 Å². The van der Waals surface area contributed by atoms with Crippen molar-refractivity contribution in [2.45, 2.75) is 0 Å². The van der Waals surface area contributed by atoms with Crippen LogP contribution in [0.15, 0.2) is 4.99 Å².